The Morgan fingerprint density at radius 2 is 1.93 bits per heavy atom. The Morgan fingerprint density at radius 1 is 1.27 bits per heavy atom. The Kier molecular flexibility index (Phi) is 5.67. The van der Waals surface area contributed by atoms with Gasteiger partial charge in [-0.1, -0.05) is 31.4 Å². The van der Waals surface area contributed by atoms with Crippen LogP contribution in [0.4, 0.5) is 0 Å². The van der Waals surface area contributed by atoms with Crippen molar-refractivity contribution in [1.29, 1.82) is 0 Å². The first-order valence-corrected chi connectivity index (χ1v) is 7.29. The Morgan fingerprint density at radius 3 is 2.40 bits per heavy atom. The highest BCUT2D eigenvalue weighted by Crippen LogP contribution is 2.25. The fraction of sp³-hybridized carbons (Fsp3) is 0.500. The topological polar surface area (TPSA) is 40.5 Å². The van der Waals surface area contributed by atoms with Crippen LogP contribution in [0.25, 0.3) is 0 Å². The highest BCUT2D eigenvalue weighted by Gasteiger charge is 1.98. The summed E-state index contributed by atoms with van der Waals surface area (Å²) >= 11 is 0. The monoisotopic (exact) mass is 226 g/mol. The molecule has 0 spiro atoms. The van der Waals surface area contributed by atoms with Crippen LogP contribution in [-0.2, 0) is 6.42 Å². The van der Waals surface area contributed by atoms with Crippen molar-refractivity contribution in [3.63, 3.8) is 0 Å². The molecule has 1 atom stereocenters. The molecule has 1 saturated carbocycles. The fourth-order valence-electron chi connectivity index (χ4n) is 1.00. The lowest BCUT2D eigenvalue weighted by Gasteiger charge is -2.03. The second kappa shape index (κ2) is 6.81. The van der Waals surface area contributed by atoms with Crippen LogP contribution in [0.1, 0.15) is 24.8 Å². The molecule has 0 amide bonds. The molecule has 0 heterocycles. The minimum absolute atomic E-state index is 0.297. The molecule has 0 aliphatic heterocycles. The number of hydrogen-bond acceptors (Lipinski definition) is 2. The van der Waals surface area contributed by atoms with E-state index < -0.39 is 8.15 Å². The van der Waals surface area contributed by atoms with E-state index in [4.69, 9.17) is 10.00 Å². The minimum atomic E-state index is -0.815. The summed E-state index contributed by atoms with van der Waals surface area (Å²) in [6, 6.07) is 7.16. The molecular formula is C12H19O2P. The lowest BCUT2D eigenvalue weighted by atomic mass is 10.2. The van der Waals surface area contributed by atoms with Gasteiger partial charge in [0.25, 0.3) is 0 Å². The summed E-state index contributed by atoms with van der Waals surface area (Å²) < 4.78 is 0. The molecule has 84 valence electrons. The number of aryl methyl sites for hydroxylation is 1. The summed E-state index contributed by atoms with van der Waals surface area (Å²) in [5.74, 6) is 0.297. The maximum Gasteiger partial charge on any atom is 0.115 e. The number of benzene rings is 1. The number of aromatic hydroxyl groups is 1. The zero-order valence-corrected chi connectivity index (χ0v) is 10.1. The SMILES string of the molecule is C1CC1.CP(O)CCc1cccc(O)c1. The van der Waals surface area contributed by atoms with Gasteiger partial charge in [-0.3, -0.25) is 0 Å². The fourth-order valence-corrected chi connectivity index (χ4v) is 1.58. The molecule has 0 saturated heterocycles. The smallest absolute Gasteiger partial charge is 0.115 e. The van der Waals surface area contributed by atoms with E-state index in [2.05, 4.69) is 0 Å². The van der Waals surface area contributed by atoms with Gasteiger partial charge in [-0.25, -0.2) is 0 Å². The van der Waals surface area contributed by atoms with Crippen LogP contribution in [0.3, 0.4) is 0 Å². The maximum atomic E-state index is 9.12. The van der Waals surface area contributed by atoms with E-state index in [0.717, 1.165) is 18.1 Å². The van der Waals surface area contributed by atoms with Crippen molar-refractivity contribution in [1.82, 2.24) is 0 Å². The molecule has 0 radical (unpaired) electrons. The average molecular weight is 226 g/mol. The van der Waals surface area contributed by atoms with Crippen molar-refractivity contribution < 1.29 is 10.00 Å². The molecule has 15 heavy (non-hydrogen) atoms. The Balaban J connectivity index is 0.000000319. The third-order valence-electron chi connectivity index (χ3n) is 1.99. The standard InChI is InChI=1S/C9H13O2P.C3H6/c1-12(11)6-5-8-3-2-4-9(10)7-8;1-2-3-1/h2-4,7,10-11H,5-6H2,1H3;1-3H2. The second-order valence-corrected chi connectivity index (χ2v) is 5.62. The zero-order chi connectivity index (χ0) is 11.1. The molecule has 2 N–H and O–H groups in total. The maximum absolute atomic E-state index is 9.12. The van der Waals surface area contributed by atoms with E-state index in [1.165, 1.54) is 19.3 Å². The van der Waals surface area contributed by atoms with Crippen LogP contribution in [0.15, 0.2) is 24.3 Å². The van der Waals surface area contributed by atoms with E-state index in [1.54, 1.807) is 12.1 Å². The molecule has 1 aromatic carbocycles. The average Bonchev–Trinajstić information content (AvgIpc) is 3.01. The van der Waals surface area contributed by atoms with Crippen molar-refractivity contribution in [2.24, 2.45) is 0 Å². The minimum Gasteiger partial charge on any atom is -0.508 e. The number of phenols is 1. The van der Waals surface area contributed by atoms with Crippen molar-refractivity contribution in [2.45, 2.75) is 25.7 Å². The third kappa shape index (κ3) is 7.35. The van der Waals surface area contributed by atoms with Crippen molar-refractivity contribution >= 4 is 8.15 Å². The summed E-state index contributed by atoms with van der Waals surface area (Å²) in [6.45, 7) is 1.83. The highest BCUT2D eigenvalue weighted by molar-refractivity contribution is 7.50. The van der Waals surface area contributed by atoms with E-state index in [0.29, 0.717) is 5.75 Å². The quantitative estimate of drug-likeness (QED) is 0.777. The summed E-state index contributed by atoms with van der Waals surface area (Å²) in [5, 5.41) is 9.12. The zero-order valence-electron chi connectivity index (χ0n) is 9.19. The first-order valence-electron chi connectivity index (χ1n) is 5.36. The van der Waals surface area contributed by atoms with Gasteiger partial charge in [0.05, 0.1) is 0 Å². The molecule has 1 aromatic rings. The largest absolute Gasteiger partial charge is 0.508 e. The number of hydrogen-bond donors (Lipinski definition) is 2. The Bertz CT molecular complexity index is 282. The van der Waals surface area contributed by atoms with Crippen LogP contribution in [0.2, 0.25) is 0 Å². The molecule has 1 unspecified atom stereocenters. The molecule has 2 rings (SSSR count). The number of phenolic OH excluding ortho intramolecular Hbond substituents is 1. The van der Waals surface area contributed by atoms with Crippen LogP contribution in [0, 0.1) is 0 Å². The van der Waals surface area contributed by atoms with E-state index >= 15 is 0 Å². The molecule has 1 aliphatic rings. The van der Waals surface area contributed by atoms with Gasteiger partial charge in [0, 0.05) is 8.15 Å². The van der Waals surface area contributed by atoms with E-state index in [9.17, 15) is 0 Å². The van der Waals surface area contributed by atoms with Gasteiger partial charge in [0.1, 0.15) is 5.75 Å². The molecular weight excluding hydrogens is 207 g/mol. The normalized spacial score (nSPS) is 15.1. The third-order valence-corrected chi connectivity index (χ3v) is 2.86. The molecule has 3 heteroatoms. The van der Waals surface area contributed by atoms with Gasteiger partial charge in [0.15, 0.2) is 0 Å². The Hall–Kier alpha value is -0.590. The van der Waals surface area contributed by atoms with Crippen LogP contribution in [0.5, 0.6) is 5.75 Å². The summed E-state index contributed by atoms with van der Waals surface area (Å²) in [6.07, 6.45) is 6.14. The lowest BCUT2D eigenvalue weighted by molar-refractivity contribution is 0.474. The number of rotatable bonds is 3. The van der Waals surface area contributed by atoms with Gasteiger partial charge < -0.3 is 10.00 Å². The van der Waals surface area contributed by atoms with Gasteiger partial charge >= 0.3 is 0 Å². The van der Waals surface area contributed by atoms with Gasteiger partial charge in [-0.15, -0.1) is 0 Å². The van der Waals surface area contributed by atoms with Crippen LogP contribution in [-0.4, -0.2) is 22.8 Å². The van der Waals surface area contributed by atoms with Crippen molar-refractivity contribution in [2.75, 3.05) is 12.8 Å². The first kappa shape index (κ1) is 12.5. The first-order chi connectivity index (χ1) is 7.18. The summed E-state index contributed by atoms with van der Waals surface area (Å²) in [7, 11) is -0.815. The Labute approximate surface area is 92.8 Å². The summed E-state index contributed by atoms with van der Waals surface area (Å²) in [4.78, 5) is 9.09. The predicted octanol–water partition coefficient (Wildman–Crippen LogP) is 3.12. The van der Waals surface area contributed by atoms with Gasteiger partial charge in [-0.2, -0.15) is 0 Å². The van der Waals surface area contributed by atoms with Crippen LogP contribution >= 0.6 is 8.15 Å². The van der Waals surface area contributed by atoms with E-state index in [-0.39, 0.29) is 0 Å². The summed E-state index contributed by atoms with van der Waals surface area (Å²) in [5.41, 5.74) is 1.08. The van der Waals surface area contributed by atoms with Crippen molar-refractivity contribution in [3.8, 4) is 5.75 Å². The highest BCUT2D eigenvalue weighted by atomic mass is 31.1. The molecule has 2 nitrogen and oxygen atoms in total. The van der Waals surface area contributed by atoms with Crippen LogP contribution < -0.4 is 0 Å². The second-order valence-electron chi connectivity index (χ2n) is 3.86. The molecule has 0 aromatic heterocycles. The van der Waals surface area contributed by atoms with E-state index in [1.807, 2.05) is 18.8 Å². The van der Waals surface area contributed by atoms with Gasteiger partial charge in [0.2, 0.25) is 0 Å². The molecule has 0 bridgehead atoms. The lowest BCUT2D eigenvalue weighted by Crippen LogP contribution is -1.89. The van der Waals surface area contributed by atoms with Crippen molar-refractivity contribution in [3.05, 3.63) is 29.8 Å². The molecule has 1 aliphatic carbocycles. The molecule has 1 fully saturated rings. The predicted molar refractivity (Wildman–Crippen MR) is 65.6 cm³/mol. The van der Waals surface area contributed by atoms with Gasteiger partial charge in [-0.05, 0) is 36.9 Å².